The molecule has 2 unspecified atom stereocenters. The number of nitrogens with one attached hydrogen (secondary N) is 2. The Morgan fingerprint density at radius 2 is 1.79 bits per heavy atom. The van der Waals surface area contributed by atoms with Crippen LogP contribution in [0.3, 0.4) is 0 Å². The Hall–Kier alpha value is -3.69. The molecule has 2 atom stereocenters. The SMILES string of the molecule is CC(C)C(Oc1cccc(C(=N)N)c1)C(=O)NC1c2ccc(-c3ccccc3)c1c2S(N)(=O)=O. The quantitative estimate of drug-likeness (QED) is 0.340. The number of primary sulfonamides is 1. The van der Waals surface area contributed by atoms with Gasteiger partial charge in [-0.25, -0.2) is 13.6 Å². The molecule has 8 nitrogen and oxygen atoms in total. The Kier molecular flexibility index (Phi) is 6.16. The van der Waals surface area contributed by atoms with Gasteiger partial charge >= 0.3 is 0 Å². The largest absolute Gasteiger partial charge is 0.480 e. The molecule has 0 fully saturated rings. The summed E-state index contributed by atoms with van der Waals surface area (Å²) in [5.41, 5.74) is 8.49. The lowest BCUT2D eigenvalue weighted by atomic mass is 9.74. The van der Waals surface area contributed by atoms with Crippen LogP contribution in [-0.4, -0.2) is 32.3 Å². The Morgan fingerprint density at radius 3 is 2.41 bits per heavy atom. The number of benzene rings is 2. The lowest BCUT2D eigenvalue weighted by Crippen LogP contribution is -2.52. The van der Waals surface area contributed by atoms with Crippen LogP contribution < -0.4 is 20.9 Å². The summed E-state index contributed by atoms with van der Waals surface area (Å²) in [6.45, 7) is 3.70. The molecule has 6 N–H and O–H groups in total. The van der Waals surface area contributed by atoms with Crippen LogP contribution in [-0.2, 0) is 14.8 Å². The number of hydrogen-bond donors (Lipinski definition) is 4. The summed E-state index contributed by atoms with van der Waals surface area (Å²) in [6.07, 6.45) is 2.66. The first-order valence-corrected chi connectivity index (χ1v) is 12.3. The number of rotatable bonds is 8. The van der Waals surface area contributed by atoms with Crippen LogP contribution in [0.2, 0.25) is 0 Å². The van der Waals surface area contributed by atoms with Gasteiger partial charge in [-0.1, -0.05) is 68.5 Å². The minimum Gasteiger partial charge on any atom is -0.480 e. The lowest BCUT2D eigenvalue weighted by Gasteiger charge is -2.40. The summed E-state index contributed by atoms with van der Waals surface area (Å²) in [5, 5.41) is 16.0. The molecule has 0 radical (unpaired) electrons. The summed E-state index contributed by atoms with van der Waals surface area (Å²) in [4.78, 5) is 13.3. The van der Waals surface area contributed by atoms with E-state index in [0.717, 1.165) is 5.56 Å². The van der Waals surface area contributed by atoms with Crippen molar-refractivity contribution >= 4 is 27.3 Å². The number of carbonyl (C=O) groups is 1. The second-order valence-corrected chi connectivity index (χ2v) is 10.0. The van der Waals surface area contributed by atoms with Gasteiger partial charge in [0.25, 0.3) is 5.91 Å². The zero-order valence-corrected chi connectivity index (χ0v) is 19.6. The smallest absolute Gasteiger partial charge is 0.262 e. The monoisotopic (exact) mass is 478 g/mol. The van der Waals surface area contributed by atoms with Gasteiger partial charge in [0.05, 0.1) is 10.9 Å². The van der Waals surface area contributed by atoms with Crippen molar-refractivity contribution in [1.82, 2.24) is 5.32 Å². The van der Waals surface area contributed by atoms with Gasteiger partial charge < -0.3 is 15.8 Å². The second kappa shape index (κ2) is 8.92. The first-order chi connectivity index (χ1) is 16.1. The molecule has 2 aliphatic rings. The zero-order chi connectivity index (χ0) is 24.6. The fourth-order valence-corrected chi connectivity index (χ4v) is 5.19. The molecule has 0 heterocycles. The highest BCUT2D eigenvalue weighted by atomic mass is 32.2. The molecule has 0 saturated heterocycles. The molecule has 34 heavy (non-hydrogen) atoms. The van der Waals surface area contributed by atoms with Gasteiger partial charge in [-0.05, 0) is 34.8 Å². The molecule has 4 rings (SSSR count). The third-order valence-corrected chi connectivity index (χ3v) is 6.78. The molecule has 176 valence electrons. The molecule has 2 aromatic carbocycles. The van der Waals surface area contributed by atoms with Crippen molar-refractivity contribution in [2.45, 2.75) is 26.0 Å². The fourth-order valence-electron chi connectivity index (χ4n) is 4.15. The van der Waals surface area contributed by atoms with Crippen molar-refractivity contribution in [3.8, 4) is 5.75 Å². The lowest BCUT2D eigenvalue weighted by molar-refractivity contribution is -0.130. The Balaban J connectivity index is 1.61. The molecule has 2 aliphatic carbocycles. The number of allylic oxidation sites excluding steroid dienone is 2. The van der Waals surface area contributed by atoms with Crippen LogP contribution in [0, 0.1) is 11.3 Å². The summed E-state index contributed by atoms with van der Waals surface area (Å²) in [7, 11) is -3.98. The average molecular weight is 479 g/mol. The standard InChI is InChI=1S/C25H26N4O4S/c1-14(2)22(33-17-10-6-9-16(13-17)24(26)27)25(30)29-21-19-12-11-18(15-7-4-3-5-8-15)20(21)23(19)34(28,31)32/h3-14,21-22H,1-2H3,(H3,26,27)(H,29,30)(H2,28,31,32). The number of ether oxygens (including phenoxy) is 1. The molecule has 2 aromatic rings. The fraction of sp³-hybridized carbons (Fsp3) is 0.200. The minimum absolute atomic E-state index is 0.0512. The number of nitrogens with two attached hydrogens (primary N) is 2. The van der Waals surface area contributed by atoms with E-state index in [1.165, 1.54) is 0 Å². The normalized spacial score (nSPS) is 17.9. The van der Waals surface area contributed by atoms with Gasteiger partial charge in [0.1, 0.15) is 11.6 Å². The van der Waals surface area contributed by atoms with Crippen LogP contribution >= 0.6 is 0 Å². The second-order valence-electron chi connectivity index (χ2n) is 8.52. The Bertz CT molecular complexity index is 1360. The van der Waals surface area contributed by atoms with E-state index in [-0.39, 0.29) is 22.6 Å². The van der Waals surface area contributed by atoms with Crippen molar-refractivity contribution in [1.29, 1.82) is 5.41 Å². The van der Waals surface area contributed by atoms with Crippen molar-refractivity contribution in [3.63, 3.8) is 0 Å². The third kappa shape index (κ3) is 4.40. The number of hydrogen-bond acceptors (Lipinski definition) is 5. The van der Waals surface area contributed by atoms with Crippen LogP contribution in [0.4, 0.5) is 0 Å². The van der Waals surface area contributed by atoms with Crippen molar-refractivity contribution in [2.75, 3.05) is 0 Å². The van der Waals surface area contributed by atoms with E-state index < -0.39 is 22.2 Å². The Labute approximate surface area is 198 Å². The predicted octanol–water partition coefficient (Wildman–Crippen LogP) is 2.44. The topological polar surface area (TPSA) is 148 Å². The molecule has 0 aromatic heterocycles. The molecular weight excluding hydrogens is 452 g/mol. The van der Waals surface area contributed by atoms with Crippen molar-refractivity contribution < 1.29 is 17.9 Å². The summed E-state index contributed by atoms with van der Waals surface area (Å²) in [5.74, 6) is -0.276. The van der Waals surface area contributed by atoms with E-state index in [4.69, 9.17) is 21.0 Å². The molecule has 1 amide bonds. The number of amides is 1. The van der Waals surface area contributed by atoms with Gasteiger partial charge in [-0.2, -0.15) is 0 Å². The maximum Gasteiger partial charge on any atom is 0.262 e. The van der Waals surface area contributed by atoms with Crippen LogP contribution in [0.1, 0.15) is 25.0 Å². The van der Waals surface area contributed by atoms with Gasteiger partial charge in [0.15, 0.2) is 6.10 Å². The molecule has 9 heteroatoms. The maximum atomic E-state index is 13.3. The third-order valence-electron chi connectivity index (χ3n) is 5.75. The van der Waals surface area contributed by atoms with Crippen LogP contribution in [0.15, 0.2) is 82.8 Å². The number of sulfonamides is 1. The molecular formula is C25H26N4O4S. The van der Waals surface area contributed by atoms with Crippen molar-refractivity contribution in [2.24, 2.45) is 16.8 Å². The number of amidine groups is 1. The van der Waals surface area contributed by atoms with Crippen molar-refractivity contribution in [3.05, 3.63) is 93.9 Å². The average Bonchev–Trinajstić information content (AvgIpc) is 2.80. The van der Waals surface area contributed by atoms with Gasteiger partial charge in [0, 0.05) is 11.1 Å². The molecule has 2 bridgehead atoms. The van der Waals surface area contributed by atoms with E-state index in [1.807, 2.05) is 50.3 Å². The van der Waals surface area contributed by atoms with Gasteiger partial charge in [0.2, 0.25) is 10.0 Å². The highest BCUT2D eigenvalue weighted by Gasteiger charge is 2.46. The first kappa shape index (κ1) is 23.5. The summed E-state index contributed by atoms with van der Waals surface area (Å²) in [6, 6.07) is 15.4. The number of fused-ring (bicyclic) bond motifs is 2. The molecule has 0 aliphatic heterocycles. The first-order valence-electron chi connectivity index (χ1n) is 10.7. The number of carbonyl (C=O) groups excluding carboxylic acids is 1. The molecule has 0 saturated carbocycles. The highest BCUT2D eigenvalue weighted by Crippen LogP contribution is 2.47. The highest BCUT2D eigenvalue weighted by molar-refractivity contribution is 7.93. The van der Waals surface area contributed by atoms with Crippen LogP contribution in [0.25, 0.3) is 5.57 Å². The Morgan fingerprint density at radius 1 is 1.09 bits per heavy atom. The summed E-state index contributed by atoms with van der Waals surface area (Å²) >= 11 is 0. The minimum atomic E-state index is -3.98. The van der Waals surface area contributed by atoms with E-state index >= 15 is 0 Å². The summed E-state index contributed by atoms with van der Waals surface area (Å²) < 4.78 is 30.6. The molecule has 0 spiro atoms. The maximum absolute atomic E-state index is 13.3. The van der Waals surface area contributed by atoms with E-state index in [1.54, 1.807) is 30.3 Å². The van der Waals surface area contributed by atoms with Gasteiger partial charge in [-0.15, -0.1) is 0 Å². The van der Waals surface area contributed by atoms with E-state index in [0.29, 0.717) is 28.0 Å². The predicted molar refractivity (Wildman–Crippen MR) is 131 cm³/mol. The van der Waals surface area contributed by atoms with E-state index in [9.17, 15) is 13.2 Å². The zero-order valence-electron chi connectivity index (χ0n) is 18.8. The van der Waals surface area contributed by atoms with Crippen LogP contribution in [0.5, 0.6) is 5.75 Å². The number of nitrogen functional groups attached to an aromatic ring is 1. The van der Waals surface area contributed by atoms with Gasteiger partial charge in [-0.3, -0.25) is 10.2 Å². The van der Waals surface area contributed by atoms with E-state index in [2.05, 4.69) is 5.32 Å².